The first kappa shape index (κ1) is 13.4. The average Bonchev–Trinajstić information content (AvgIpc) is 2.41. The zero-order chi connectivity index (χ0) is 14.0. The summed E-state index contributed by atoms with van der Waals surface area (Å²) in [4.78, 5) is 25.2. The normalized spacial score (nSPS) is 19.2. The van der Waals surface area contributed by atoms with Gasteiger partial charge in [-0.25, -0.2) is 4.79 Å². The van der Waals surface area contributed by atoms with Gasteiger partial charge in [-0.1, -0.05) is 6.07 Å². The number of hydrogen-bond donors (Lipinski definition) is 2. The Morgan fingerprint density at radius 3 is 2.79 bits per heavy atom. The largest absolute Gasteiger partial charge is 0.480 e. The first-order valence-corrected chi connectivity index (χ1v) is 6.41. The van der Waals surface area contributed by atoms with Crippen LogP contribution in [0.25, 0.3) is 0 Å². The molecule has 1 saturated heterocycles. The molecule has 5 heteroatoms. The Hall–Kier alpha value is -2.04. The Morgan fingerprint density at radius 2 is 2.11 bits per heavy atom. The molecule has 1 aromatic rings. The number of amides is 1. The third-order valence-corrected chi connectivity index (χ3v) is 3.65. The molecule has 102 valence electrons. The number of anilines is 1. The number of benzene rings is 1. The van der Waals surface area contributed by atoms with Crippen LogP contribution in [0.15, 0.2) is 18.2 Å². The number of rotatable bonds is 2. The second kappa shape index (κ2) is 5.30. The number of aliphatic carboxylic acids is 1. The fourth-order valence-electron chi connectivity index (χ4n) is 2.47. The Morgan fingerprint density at radius 1 is 1.37 bits per heavy atom. The maximum atomic E-state index is 12.5. The van der Waals surface area contributed by atoms with Crippen LogP contribution in [0.1, 0.15) is 35.2 Å². The average molecular weight is 262 g/mol. The predicted octanol–water partition coefficient (Wildman–Crippen LogP) is 1.66. The van der Waals surface area contributed by atoms with E-state index < -0.39 is 12.0 Å². The molecular weight excluding hydrogens is 244 g/mol. The highest BCUT2D eigenvalue weighted by Crippen LogP contribution is 2.23. The SMILES string of the molecule is Cc1c(N)cccc1C(=O)N1CCCC[C@H]1C(=O)O. The summed E-state index contributed by atoms with van der Waals surface area (Å²) in [5.41, 5.74) is 7.55. The lowest BCUT2D eigenvalue weighted by atomic mass is 9.99. The van der Waals surface area contributed by atoms with Gasteiger partial charge in [-0.2, -0.15) is 0 Å². The highest BCUT2D eigenvalue weighted by atomic mass is 16.4. The monoisotopic (exact) mass is 262 g/mol. The van der Waals surface area contributed by atoms with Gasteiger partial charge in [0.1, 0.15) is 6.04 Å². The minimum Gasteiger partial charge on any atom is -0.480 e. The first-order valence-electron chi connectivity index (χ1n) is 6.41. The van der Waals surface area contributed by atoms with E-state index in [9.17, 15) is 14.7 Å². The second-order valence-corrected chi connectivity index (χ2v) is 4.87. The number of nitrogens with zero attached hydrogens (tertiary/aromatic N) is 1. The van der Waals surface area contributed by atoms with E-state index in [1.807, 2.05) is 0 Å². The van der Waals surface area contributed by atoms with Crippen LogP contribution in [-0.2, 0) is 4.79 Å². The lowest BCUT2D eigenvalue weighted by Gasteiger charge is -2.33. The topological polar surface area (TPSA) is 83.6 Å². The van der Waals surface area contributed by atoms with Crippen molar-refractivity contribution >= 4 is 17.6 Å². The van der Waals surface area contributed by atoms with Crippen LogP contribution >= 0.6 is 0 Å². The van der Waals surface area contributed by atoms with E-state index in [1.165, 1.54) is 4.90 Å². The summed E-state index contributed by atoms with van der Waals surface area (Å²) in [7, 11) is 0. The van der Waals surface area contributed by atoms with Crippen molar-refractivity contribution in [2.75, 3.05) is 12.3 Å². The molecule has 2 rings (SSSR count). The Bertz CT molecular complexity index is 513. The van der Waals surface area contributed by atoms with E-state index >= 15 is 0 Å². The van der Waals surface area contributed by atoms with Gasteiger partial charge in [0.2, 0.25) is 0 Å². The molecule has 0 aromatic heterocycles. The third-order valence-electron chi connectivity index (χ3n) is 3.65. The van der Waals surface area contributed by atoms with Crippen molar-refractivity contribution < 1.29 is 14.7 Å². The van der Waals surface area contributed by atoms with Crippen molar-refractivity contribution in [1.82, 2.24) is 4.90 Å². The summed E-state index contributed by atoms with van der Waals surface area (Å²) in [5.74, 6) is -1.17. The molecule has 5 nitrogen and oxygen atoms in total. The van der Waals surface area contributed by atoms with Crippen molar-refractivity contribution in [3.05, 3.63) is 29.3 Å². The number of piperidine rings is 1. The highest BCUT2D eigenvalue weighted by Gasteiger charge is 2.32. The molecule has 0 radical (unpaired) electrons. The number of nitrogens with two attached hydrogens (primary N) is 1. The number of carboxylic acid groups (broad SMARTS) is 1. The number of carbonyl (C=O) groups excluding carboxylic acids is 1. The summed E-state index contributed by atoms with van der Waals surface area (Å²) in [5, 5.41) is 9.21. The molecule has 0 aliphatic carbocycles. The van der Waals surface area contributed by atoms with Crippen molar-refractivity contribution in [2.45, 2.75) is 32.2 Å². The quantitative estimate of drug-likeness (QED) is 0.794. The highest BCUT2D eigenvalue weighted by molar-refractivity contribution is 5.99. The van der Waals surface area contributed by atoms with Crippen molar-refractivity contribution in [3.8, 4) is 0 Å². The number of hydrogen-bond acceptors (Lipinski definition) is 3. The second-order valence-electron chi connectivity index (χ2n) is 4.87. The van der Waals surface area contributed by atoms with Gasteiger partial charge in [-0.05, 0) is 43.9 Å². The van der Waals surface area contributed by atoms with Crippen LogP contribution in [0.2, 0.25) is 0 Å². The van der Waals surface area contributed by atoms with E-state index in [0.717, 1.165) is 12.8 Å². The van der Waals surface area contributed by atoms with Crippen LogP contribution in [-0.4, -0.2) is 34.5 Å². The Kier molecular flexibility index (Phi) is 3.74. The van der Waals surface area contributed by atoms with Gasteiger partial charge in [-0.3, -0.25) is 4.79 Å². The molecule has 3 N–H and O–H groups in total. The summed E-state index contributed by atoms with van der Waals surface area (Å²) < 4.78 is 0. The molecule has 19 heavy (non-hydrogen) atoms. The van der Waals surface area contributed by atoms with Crippen LogP contribution in [0.3, 0.4) is 0 Å². The van der Waals surface area contributed by atoms with Crippen LogP contribution in [0.5, 0.6) is 0 Å². The maximum absolute atomic E-state index is 12.5. The van der Waals surface area contributed by atoms with Gasteiger partial charge in [0.05, 0.1) is 0 Å². The van der Waals surface area contributed by atoms with Crippen LogP contribution < -0.4 is 5.73 Å². The summed E-state index contributed by atoms with van der Waals surface area (Å²) in [6.45, 7) is 2.27. The predicted molar refractivity (Wildman–Crippen MR) is 71.9 cm³/mol. The van der Waals surface area contributed by atoms with E-state index in [2.05, 4.69) is 0 Å². The van der Waals surface area contributed by atoms with Crippen molar-refractivity contribution in [3.63, 3.8) is 0 Å². The fraction of sp³-hybridized carbons (Fsp3) is 0.429. The standard InChI is InChI=1S/C14H18N2O3/c1-9-10(5-4-6-11(9)15)13(17)16-8-3-2-7-12(16)14(18)19/h4-6,12H,2-3,7-8,15H2,1H3,(H,18,19)/t12-/m0/s1. The molecule has 1 aliphatic rings. The van der Waals surface area contributed by atoms with Crippen LogP contribution in [0, 0.1) is 6.92 Å². The molecule has 1 aromatic carbocycles. The molecular formula is C14H18N2O3. The molecule has 0 saturated carbocycles. The Labute approximate surface area is 112 Å². The molecule has 0 unspecified atom stereocenters. The van der Waals surface area contributed by atoms with E-state index in [-0.39, 0.29) is 5.91 Å². The van der Waals surface area contributed by atoms with E-state index in [0.29, 0.717) is 29.8 Å². The molecule has 1 amide bonds. The zero-order valence-corrected chi connectivity index (χ0v) is 10.9. The van der Waals surface area contributed by atoms with Gasteiger partial charge in [-0.15, -0.1) is 0 Å². The number of carboxylic acids is 1. The molecule has 1 atom stereocenters. The number of likely N-dealkylation sites (tertiary alicyclic amines) is 1. The van der Waals surface area contributed by atoms with Gasteiger partial charge < -0.3 is 15.7 Å². The summed E-state index contributed by atoms with van der Waals surface area (Å²) in [6, 6.07) is 4.43. The minimum atomic E-state index is -0.936. The third kappa shape index (κ3) is 2.54. The summed E-state index contributed by atoms with van der Waals surface area (Å²) >= 11 is 0. The van der Waals surface area contributed by atoms with E-state index in [4.69, 9.17) is 5.73 Å². The maximum Gasteiger partial charge on any atom is 0.326 e. The van der Waals surface area contributed by atoms with Gasteiger partial charge >= 0.3 is 5.97 Å². The zero-order valence-electron chi connectivity index (χ0n) is 10.9. The number of carbonyl (C=O) groups is 2. The van der Waals surface area contributed by atoms with Gasteiger partial charge in [0.25, 0.3) is 5.91 Å². The fourth-order valence-corrected chi connectivity index (χ4v) is 2.47. The van der Waals surface area contributed by atoms with Crippen molar-refractivity contribution in [2.24, 2.45) is 0 Å². The summed E-state index contributed by atoms with van der Waals surface area (Å²) in [6.07, 6.45) is 2.20. The van der Waals surface area contributed by atoms with Crippen LogP contribution in [0.4, 0.5) is 5.69 Å². The molecule has 1 aliphatic heterocycles. The van der Waals surface area contributed by atoms with E-state index in [1.54, 1.807) is 25.1 Å². The van der Waals surface area contributed by atoms with Crippen molar-refractivity contribution in [1.29, 1.82) is 0 Å². The molecule has 0 bridgehead atoms. The molecule has 0 spiro atoms. The Balaban J connectivity index is 2.31. The lowest BCUT2D eigenvalue weighted by molar-refractivity contribution is -0.143. The van der Waals surface area contributed by atoms with Gasteiger partial charge in [0.15, 0.2) is 0 Å². The lowest BCUT2D eigenvalue weighted by Crippen LogP contribution is -2.48. The molecule has 1 fully saturated rings. The smallest absolute Gasteiger partial charge is 0.326 e. The van der Waals surface area contributed by atoms with Gasteiger partial charge in [0, 0.05) is 17.8 Å². The minimum absolute atomic E-state index is 0.239. The first-order chi connectivity index (χ1) is 9.02. The molecule has 1 heterocycles. The number of nitrogen functional groups attached to an aromatic ring is 1.